The smallest absolute Gasteiger partial charge is 0.803 e. The van der Waals surface area contributed by atoms with E-state index in [2.05, 4.69) is 0 Å². The van der Waals surface area contributed by atoms with Gasteiger partial charge in [-0.2, -0.15) is 0 Å². The summed E-state index contributed by atoms with van der Waals surface area (Å²) in [6.07, 6.45) is 0. The third-order valence-electron chi connectivity index (χ3n) is 4.07. The number of hydrogen-bond donors (Lipinski definition) is 0. The van der Waals surface area contributed by atoms with Gasteiger partial charge in [0, 0.05) is 0 Å². The van der Waals surface area contributed by atoms with Crippen molar-refractivity contribution in [2.75, 3.05) is 0 Å². The van der Waals surface area contributed by atoms with E-state index in [0.717, 1.165) is 11.1 Å². The summed E-state index contributed by atoms with van der Waals surface area (Å²) in [5, 5.41) is -1.24. The molecule has 0 fully saturated rings. The molecule has 2 aromatic carbocycles. The number of para-hydroxylation sites is 1. The van der Waals surface area contributed by atoms with Crippen LogP contribution in [0.15, 0.2) is 48.5 Å². The second-order valence-electron chi connectivity index (χ2n) is 6.84. The minimum Gasteiger partial charge on any atom is -0.803 e. The fourth-order valence-corrected chi connectivity index (χ4v) is 4.82. The molecule has 0 radical (unpaired) electrons. The monoisotopic (exact) mass is 452 g/mol. The summed E-state index contributed by atoms with van der Waals surface area (Å²) < 4.78 is 17.1. The average molecular weight is 452 g/mol. The van der Waals surface area contributed by atoms with Gasteiger partial charge >= 0.3 is 65.1 Å². The van der Waals surface area contributed by atoms with Crippen LogP contribution in [0.4, 0.5) is 0 Å². The third-order valence-corrected chi connectivity index (χ3v) is 6.41. The molecule has 5 nitrogen and oxygen atoms in total. The van der Waals surface area contributed by atoms with Gasteiger partial charge in [-0.3, -0.25) is 4.79 Å². The molecule has 0 bridgehead atoms. The zero-order chi connectivity index (χ0) is 20.2. The third kappa shape index (κ3) is 8.82. The molecule has 0 saturated carbocycles. The van der Waals surface area contributed by atoms with Crippen LogP contribution >= 0.6 is 18.2 Å². The molecule has 0 aliphatic rings. The number of carbonyl (C=O) groups excluding carboxylic acids is 1. The summed E-state index contributed by atoms with van der Waals surface area (Å²) in [5.74, 6) is -0.104. The Bertz CT molecular complexity index is 814. The maximum absolute atomic E-state index is 12.9. The van der Waals surface area contributed by atoms with Crippen LogP contribution in [0.2, 0.25) is 0 Å². The van der Waals surface area contributed by atoms with Crippen LogP contribution in [0.25, 0.3) is 0 Å². The van der Waals surface area contributed by atoms with Crippen molar-refractivity contribution in [3.05, 3.63) is 65.2 Å². The molecular formula is C20H23Na2O5PS. The Morgan fingerprint density at radius 2 is 1.38 bits per heavy atom. The van der Waals surface area contributed by atoms with Gasteiger partial charge in [0.2, 0.25) is 0 Å². The molecule has 1 unspecified atom stereocenters. The molecule has 0 N–H and O–H groups in total. The molecule has 0 aliphatic carbocycles. The van der Waals surface area contributed by atoms with Gasteiger partial charge in [0.15, 0.2) is 0 Å². The summed E-state index contributed by atoms with van der Waals surface area (Å²) >= 11 is 0.0807. The van der Waals surface area contributed by atoms with E-state index < -0.39 is 18.0 Å². The molecule has 0 amide bonds. The number of hydrogen-bond acceptors (Lipinski definition) is 6. The van der Waals surface area contributed by atoms with E-state index in [9.17, 15) is 19.1 Å². The Morgan fingerprint density at radius 1 is 0.897 bits per heavy atom. The van der Waals surface area contributed by atoms with E-state index in [4.69, 9.17) is 4.74 Å². The molecule has 0 spiro atoms. The average Bonchev–Trinajstić information content (AvgIpc) is 2.59. The predicted molar refractivity (Wildman–Crippen MR) is 105 cm³/mol. The van der Waals surface area contributed by atoms with Crippen molar-refractivity contribution >= 4 is 24.1 Å². The Hall–Kier alpha value is 0.410. The Kier molecular flexibility index (Phi) is 13.3. The van der Waals surface area contributed by atoms with E-state index in [-0.39, 0.29) is 82.3 Å². The molecule has 0 aromatic heterocycles. The summed E-state index contributed by atoms with van der Waals surface area (Å²) in [4.78, 5) is 35.6. The number of rotatable bonds is 7. The molecule has 2 rings (SSSR count). The zero-order valence-electron chi connectivity index (χ0n) is 17.7. The number of esters is 1. The number of carbonyl (C=O) groups is 1. The predicted octanol–water partition coefficient (Wildman–Crippen LogP) is -1.85. The molecule has 2 aromatic rings. The van der Waals surface area contributed by atoms with Gasteiger partial charge in [-0.1, -0.05) is 76.2 Å². The van der Waals surface area contributed by atoms with Gasteiger partial charge < -0.3 is 19.1 Å². The standard InChI is InChI=1S/C20H25O5PS.2Na/c1-13(2)16-11-8-12-17(14(3)4)18(16)25-20(21)19(27-26(22,23)24)15-9-6-5-7-10-15;;/h5-14,19H,1-4H3,(H2,22,23,24);;/q;2*+1/p-2. The summed E-state index contributed by atoms with van der Waals surface area (Å²) in [6.45, 7) is 2.97. The molecule has 0 aliphatic heterocycles. The first-order chi connectivity index (χ1) is 12.6. The van der Waals surface area contributed by atoms with Crippen molar-refractivity contribution < 1.29 is 83.0 Å². The van der Waals surface area contributed by atoms with Crippen LogP contribution in [-0.2, 0) is 9.36 Å². The van der Waals surface area contributed by atoms with Gasteiger partial charge in [-0.05, 0) is 35.3 Å². The van der Waals surface area contributed by atoms with Crippen molar-refractivity contribution in [3.63, 3.8) is 0 Å². The molecule has 0 heterocycles. The van der Waals surface area contributed by atoms with E-state index in [1.807, 2.05) is 45.9 Å². The summed E-state index contributed by atoms with van der Waals surface area (Å²) in [7, 11) is 0. The van der Waals surface area contributed by atoms with Crippen LogP contribution < -0.4 is 73.6 Å². The van der Waals surface area contributed by atoms with Crippen molar-refractivity contribution in [1.29, 1.82) is 0 Å². The number of benzene rings is 2. The first-order valence-electron chi connectivity index (χ1n) is 8.70. The second-order valence-corrected chi connectivity index (χ2v) is 10.4. The SMILES string of the molecule is CC(C)c1cccc(C(C)C)c1OC(=O)C(SP(=O)([O-])[O-])c1ccccc1.[Na+].[Na+]. The van der Waals surface area contributed by atoms with E-state index in [0.29, 0.717) is 11.3 Å². The largest absolute Gasteiger partial charge is 1.00 e. The fourth-order valence-electron chi connectivity index (χ4n) is 2.75. The maximum Gasteiger partial charge on any atom is 1.00 e. The molecule has 146 valence electrons. The summed E-state index contributed by atoms with van der Waals surface area (Å²) in [6, 6.07) is 14.0. The van der Waals surface area contributed by atoms with Crippen molar-refractivity contribution in [1.82, 2.24) is 0 Å². The topological polar surface area (TPSA) is 89.5 Å². The minimum atomic E-state index is -4.99. The van der Waals surface area contributed by atoms with E-state index in [1.165, 1.54) is 0 Å². The minimum absolute atomic E-state index is 0. The van der Waals surface area contributed by atoms with Crippen LogP contribution in [0.1, 0.15) is 61.5 Å². The molecule has 1 atom stereocenters. The van der Waals surface area contributed by atoms with Gasteiger partial charge in [0.25, 0.3) is 0 Å². The van der Waals surface area contributed by atoms with Crippen LogP contribution in [0.3, 0.4) is 0 Å². The van der Waals surface area contributed by atoms with Crippen LogP contribution in [0.5, 0.6) is 5.75 Å². The maximum atomic E-state index is 12.9. The van der Waals surface area contributed by atoms with Crippen molar-refractivity contribution in [2.45, 2.75) is 44.8 Å². The molecular weight excluding hydrogens is 429 g/mol. The van der Waals surface area contributed by atoms with Gasteiger partial charge in [-0.25, -0.2) is 0 Å². The van der Waals surface area contributed by atoms with Gasteiger partial charge in [-0.15, -0.1) is 11.4 Å². The molecule has 29 heavy (non-hydrogen) atoms. The Balaban J connectivity index is 0.00000392. The van der Waals surface area contributed by atoms with E-state index >= 15 is 0 Å². The fraction of sp³-hybridized carbons (Fsp3) is 0.350. The molecule has 0 saturated heterocycles. The first kappa shape index (κ1) is 29.4. The van der Waals surface area contributed by atoms with E-state index in [1.54, 1.807) is 30.3 Å². The summed E-state index contributed by atoms with van der Waals surface area (Å²) in [5.41, 5.74) is 2.13. The zero-order valence-corrected chi connectivity index (χ0v) is 23.5. The van der Waals surface area contributed by atoms with Crippen molar-refractivity contribution in [2.24, 2.45) is 0 Å². The number of ether oxygens (including phenoxy) is 1. The van der Waals surface area contributed by atoms with Crippen molar-refractivity contribution in [3.8, 4) is 5.75 Å². The quantitative estimate of drug-likeness (QED) is 0.212. The van der Waals surface area contributed by atoms with Crippen LogP contribution in [0, 0.1) is 0 Å². The Labute approximate surface area is 220 Å². The normalized spacial score (nSPS) is 12.1. The first-order valence-corrected chi connectivity index (χ1v) is 11.7. The second kappa shape index (κ2) is 13.1. The van der Waals surface area contributed by atoms with Gasteiger partial charge in [0.05, 0.1) is 0 Å². The molecule has 9 heteroatoms. The Morgan fingerprint density at radius 3 is 1.79 bits per heavy atom. The van der Waals surface area contributed by atoms with Crippen LogP contribution in [-0.4, -0.2) is 5.97 Å². The van der Waals surface area contributed by atoms with Gasteiger partial charge in [0.1, 0.15) is 11.0 Å².